The molecule has 1 aromatic rings. The van der Waals surface area contributed by atoms with E-state index in [1.807, 2.05) is 26.0 Å². The number of amides is 1. The summed E-state index contributed by atoms with van der Waals surface area (Å²) in [6.45, 7) is 4.48. The lowest BCUT2D eigenvalue weighted by Crippen LogP contribution is -2.46. The van der Waals surface area contributed by atoms with Crippen molar-refractivity contribution in [2.45, 2.75) is 37.6 Å². The maximum Gasteiger partial charge on any atom is 0.227 e. The zero-order chi connectivity index (χ0) is 13.9. The minimum absolute atomic E-state index is 0.0994. The molecule has 0 aromatic heterocycles. The van der Waals surface area contributed by atoms with Crippen LogP contribution in [0.25, 0.3) is 0 Å². The van der Waals surface area contributed by atoms with Gasteiger partial charge in [0.15, 0.2) is 0 Å². The van der Waals surface area contributed by atoms with Crippen molar-refractivity contribution in [3.05, 3.63) is 29.8 Å². The Labute approximate surface area is 119 Å². The van der Waals surface area contributed by atoms with Crippen molar-refractivity contribution < 1.29 is 4.79 Å². The standard InChI is InChI=1S/C15H22N2OS/c1-3-15(4-2,10-16)14(18)17-12-9-19-13-8-6-5-7-11(12)13/h5-8,12H,3-4,9-10,16H2,1-2H3,(H,17,18). The number of nitrogens with one attached hydrogen (secondary N) is 1. The highest BCUT2D eigenvalue weighted by atomic mass is 32.2. The first-order valence-electron chi connectivity index (χ1n) is 6.89. The van der Waals surface area contributed by atoms with Gasteiger partial charge in [0.2, 0.25) is 5.91 Å². The molecule has 0 fully saturated rings. The average molecular weight is 278 g/mol. The molecule has 1 aromatic carbocycles. The first kappa shape index (κ1) is 14.4. The Morgan fingerprint density at radius 3 is 2.74 bits per heavy atom. The normalized spacial score (nSPS) is 18.2. The largest absolute Gasteiger partial charge is 0.348 e. The van der Waals surface area contributed by atoms with Crippen molar-refractivity contribution >= 4 is 17.7 Å². The fourth-order valence-electron chi connectivity index (χ4n) is 2.55. The predicted molar refractivity (Wildman–Crippen MR) is 80.1 cm³/mol. The number of hydrogen-bond acceptors (Lipinski definition) is 3. The topological polar surface area (TPSA) is 55.1 Å². The first-order chi connectivity index (χ1) is 9.16. The van der Waals surface area contributed by atoms with Crippen LogP contribution in [0.3, 0.4) is 0 Å². The van der Waals surface area contributed by atoms with Crippen LogP contribution < -0.4 is 11.1 Å². The third kappa shape index (κ3) is 2.65. The molecule has 0 saturated heterocycles. The van der Waals surface area contributed by atoms with Crippen molar-refractivity contribution in [1.29, 1.82) is 0 Å². The van der Waals surface area contributed by atoms with E-state index in [4.69, 9.17) is 5.73 Å². The first-order valence-corrected chi connectivity index (χ1v) is 7.88. The molecule has 0 saturated carbocycles. The van der Waals surface area contributed by atoms with Gasteiger partial charge in [0.25, 0.3) is 0 Å². The lowest BCUT2D eigenvalue weighted by atomic mass is 9.81. The Morgan fingerprint density at radius 2 is 2.11 bits per heavy atom. The van der Waals surface area contributed by atoms with Crippen LogP contribution in [-0.4, -0.2) is 18.2 Å². The Balaban J connectivity index is 2.13. The number of carbonyl (C=O) groups is 1. The van der Waals surface area contributed by atoms with E-state index in [0.29, 0.717) is 6.54 Å². The maximum absolute atomic E-state index is 12.5. The van der Waals surface area contributed by atoms with Gasteiger partial charge >= 0.3 is 0 Å². The van der Waals surface area contributed by atoms with Crippen LogP contribution in [0.1, 0.15) is 38.3 Å². The van der Waals surface area contributed by atoms with Gasteiger partial charge in [-0.3, -0.25) is 4.79 Å². The SMILES string of the molecule is CCC(CC)(CN)C(=O)NC1CSc2ccccc21. The van der Waals surface area contributed by atoms with Gasteiger partial charge in [-0.15, -0.1) is 11.8 Å². The molecule has 4 heteroatoms. The second-order valence-electron chi connectivity index (χ2n) is 5.07. The molecule has 104 valence electrons. The number of thioether (sulfide) groups is 1. The fraction of sp³-hybridized carbons (Fsp3) is 0.533. The molecular weight excluding hydrogens is 256 g/mol. The van der Waals surface area contributed by atoms with Gasteiger partial charge in [-0.1, -0.05) is 32.0 Å². The minimum atomic E-state index is -0.414. The molecule has 1 aliphatic rings. The quantitative estimate of drug-likeness (QED) is 0.870. The van der Waals surface area contributed by atoms with Crippen LogP contribution in [-0.2, 0) is 4.79 Å². The Hall–Kier alpha value is -1.00. The van der Waals surface area contributed by atoms with Crippen LogP contribution >= 0.6 is 11.8 Å². The highest BCUT2D eigenvalue weighted by Crippen LogP contribution is 2.38. The molecule has 0 radical (unpaired) electrons. The van der Waals surface area contributed by atoms with E-state index in [1.54, 1.807) is 11.8 Å². The van der Waals surface area contributed by atoms with Crippen LogP contribution in [0, 0.1) is 5.41 Å². The van der Waals surface area contributed by atoms with Crippen molar-refractivity contribution in [2.75, 3.05) is 12.3 Å². The van der Waals surface area contributed by atoms with E-state index >= 15 is 0 Å². The molecule has 0 spiro atoms. The van der Waals surface area contributed by atoms with Crippen molar-refractivity contribution in [3.63, 3.8) is 0 Å². The second-order valence-corrected chi connectivity index (χ2v) is 6.13. The van der Waals surface area contributed by atoms with Gasteiger partial charge in [-0.25, -0.2) is 0 Å². The van der Waals surface area contributed by atoms with Crippen molar-refractivity contribution in [1.82, 2.24) is 5.32 Å². The smallest absolute Gasteiger partial charge is 0.227 e. The molecule has 0 aliphatic carbocycles. The number of nitrogens with two attached hydrogens (primary N) is 1. The number of fused-ring (bicyclic) bond motifs is 1. The molecule has 1 aliphatic heterocycles. The van der Waals surface area contributed by atoms with Crippen LogP contribution in [0.15, 0.2) is 29.2 Å². The summed E-state index contributed by atoms with van der Waals surface area (Å²) in [5.41, 5.74) is 6.65. The van der Waals surface area contributed by atoms with E-state index in [0.717, 1.165) is 18.6 Å². The summed E-state index contributed by atoms with van der Waals surface area (Å²) in [5.74, 6) is 1.02. The summed E-state index contributed by atoms with van der Waals surface area (Å²) in [6, 6.07) is 8.40. The predicted octanol–water partition coefficient (Wildman–Crippen LogP) is 2.71. The third-order valence-electron chi connectivity index (χ3n) is 4.23. The second kappa shape index (κ2) is 5.97. The summed E-state index contributed by atoms with van der Waals surface area (Å²) in [4.78, 5) is 13.8. The molecule has 1 unspecified atom stereocenters. The van der Waals surface area contributed by atoms with Gasteiger partial charge in [-0.05, 0) is 24.5 Å². The van der Waals surface area contributed by atoms with Crippen LogP contribution in [0.2, 0.25) is 0 Å². The lowest BCUT2D eigenvalue weighted by molar-refractivity contribution is -0.131. The maximum atomic E-state index is 12.5. The number of carbonyl (C=O) groups excluding carboxylic acids is 1. The van der Waals surface area contributed by atoms with E-state index in [9.17, 15) is 4.79 Å². The van der Waals surface area contributed by atoms with Crippen molar-refractivity contribution in [3.8, 4) is 0 Å². The Kier molecular flexibility index (Phi) is 4.53. The summed E-state index contributed by atoms with van der Waals surface area (Å²) in [7, 11) is 0. The monoisotopic (exact) mass is 278 g/mol. The highest BCUT2D eigenvalue weighted by Gasteiger charge is 2.36. The molecule has 1 heterocycles. The molecule has 2 rings (SSSR count). The third-order valence-corrected chi connectivity index (χ3v) is 5.41. The summed E-state index contributed by atoms with van der Waals surface area (Å²) in [5, 5.41) is 3.19. The van der Waals surface area contributed by atoms with E-state index < -0.39 is 5.41 Å². The number of hydrogen-bond donors (Lipinski definition) is 2. The van der Waals surface area contributed by atoms with Gasteiger partial charge < -0.3 is 11.1 Å². The van der Waals surface area contributed by atoms with Gasteiger partial charge in [-0.2, -0.15) is 0 Å². The molecule has 19 heavy (non-hydrogen) atoms. The number of rotatable bonds is 5. The van der Waals surface area contributed by atoms with Gasteiger partial charge in [0.05, 0.1) is 11.5 Å². The van der Waals surface area contributed by atoms with Gasteiger partial charge in [0, 0.05) is 17.2 Å². The summed E-state index contributed by atoms with van der Waals surface area (Å²) < 4.78 is 0. The lowest BCUT2D eigenvalue weighted by Gasteiger charge is -2.30. The fourth-order valence-corrected chi connectivity index (χ4v) is 3.71. The Morgan fingerprint density at radius 1 is 1.42 bits per heavy atom. The van der Waals surface area contributed by atoms with Crippen molar-refractivity contribution in [2.24, 2.45) is 11.1 Å². The van der Waals surface area contributed by atoms with Gasteiger partial charge in [0.1, 0.15) is 0 Å². The molecule has 0 bridgehead atoms. The van der Waals surface area contributed by atoms with E-state index in [1.165, 1.54) is 10.5 Å². The molecule has 1 amide bonds. The van der Waals surface area contributed by atoms with Crippen LogP contribution in [0.4, 0.5) is 0 Å². The van der Waals surface area contributed by atoms with Crippen LogP contribution in [0.5, 0.6) is 0 Å². The van der Waals surface area contributed by atoms with E-state index in [2.05, 4.69) is 17.4 Å². The zero-order valence-electron chi connectivity index (χ0n) is 11.6. The Bertz CT molecular complexity index is 449. The summed E-state index contributed by atoms with van der Waals surface area (Å²) in [6.07, 6.45) is 1.57. The minimum Gasteiger partial charge on any atom is -0.348 e. The molecule has 1 atom stereocenters. The average Bonchev–Trinajstić information content (AvgIpc) is 2.85. The molecule has 3 N–H and O–H groups in total. The van der Waals surface area contributed by atoms with E-state index in [-0.39, 0.29) is 11.9 Å². The summed E-state index contributed by atoms with van der Waals surface area (Å²) >= 11 is 1.81. The zero-order valence-corrected chi connectivity index (χ0v) is 12.4. The molecular formula is C15H22N2OS. The molecule has 3 nitrogen and oxygen atoms in total. The number of benzene rings is 1. The highest BCUT2D eigenvalue weighted by molar-refractivity contribution is 7.99.